The Labute approximate surface area is 53.5 Å². The van der Waals surface area contributed by atoms with E-state index in [4.69, 9.17) is 0 Å². The average molecular weight is 112 g/mol. The topological polar surface area (TPSA) is 0 Å². The maximum atomic E-state index is 2.38. The molecule has 0 aromatic carbocycles. The van der Waals surface area contributed by atoms with Gasteiger partial charge in [-0.3, -0.25) is 0 Å². The van der Waals surface area contributed by atoms with Crippen molar-refractivity contribution in [3.63, 3.8) is 0 Å². The molecule has 0 bridgehead atoms. The molecule has 1 fully saturated rings. The van der Waals surface area contributed by atoms with E-state index < -0.39 is 0 Å². The molecule has 0 unspecified atom stereocenters. The van der Waals surface area contributed by atoms with Crippen LogP contribution < -0.4 is 0 Å². The summed E-state index contributed by atoms with van der Waals surface area (Å²) >= 11 is 0.801. The molecule has 0 atom stereocenters. The summed E-state index contributed by atoms with van der Waals surface area (Å²) in [4.78, 5) is 0. The van der Waals surface area contributed by atoms with E-state index in [0.29, 0.717) is 0 Å². The minimum Gasteiger partial charge on any atom is -1.00 e. The maximum absolute atomic E-state index is 2.38. The molecule has 0 saturated heterocycles. The third-order valence-corrected chi connectivity index (χ3v) is 3.48. The fourth-order valence-electron chi connectivity index (χ4n) is 1.29. The molecule has 1 saturated carbocycles. The quantitative estimate of drug-likeness (QED) is 0.456. The largest absolute Gasteiger partial charge is 1.00 e. The molecule has 1 heteroatoms. The third-order valence-electron chi connectivity index (χ3n) is 1.87. The van der Waals surface area contributed by atoms with Crippen molar-refractivity contribution in [1.82, 2.24) is 0 Å². The van der Waals surface area contributed by atoms with Crippen LogP contribution in [0.3, 0.4) is 0 Å². The SMILES string of the molecule is [CH3][Al+][CH]1CCCC1.[H-]. The monoisotopic (exact) mass is 112 g/mol. The van der Waals surface area contributed by atoms with Gasteiger partial charge in [0.15, 0.2) is 0 Å². The van der Waals surface area contributed by atoms with E-state index in [9.17, 15) is 0 Å². The molecule has 7 heavy (non-hydrogen) atoms. The van der Waals surface area contributed by atoms with E-state index in [-0.39, 0.29) is 1.43 Å². The minimum absolute atomic E-state index is 0. The molecule has 1 aliphatic carbocycles. The van der Waals surface area contributed by atoms with Gasteiger partial charge in [0.25, 0.3) is 0 Å². The van der Waals surface area contributed by atoms with E-state index in [1.54, 1.807) is 12.8 Å². The van der Waals surface area contributed by atoms with Crippen molar-refractivity contribution in [2.75, 3.05) is 0 Å². The summed E-state index contributed by atoms with van der Waals surface area (Å²) in [5.41, 5.74) is 0. The zero-order valence-corrected chi connectivity index (χ0v) is 6.14. The first kappa shape index (κ1) is 5.67. The van der Waals surface area contributed by atoms with Crippen LogP contribution in [0.4, 0.5) is 0 Å². The molecule has 0 N–H and O–H groups in total. The molecular weight excluding hydrogens is 99.0 g/mol. The van der Waals surface area contributed by atoms with Gasteiger partial charge in [0.1, 0.15) is 0 Å². The van der Waals surface area contributed by atoms with Crippen molar-refractivity contribution in [3.05, 3.63) is 0 Å². The van der Waals surface area contributed by atoms with E-state index in [1.165, 1.54) is 17.6 Å². The molecule has 0 aliphatic heterocycles. The van der Waals surface area contributed by atoms with Crippen molar-refractivity contribution in [2.45, 2.75) is 36.2 Å². The smallest absolute Gasteiger partial charge is 1.00 e. The predicted molar refractivity (Wildman–Crippen MR) is 34.9 cm³/mol. The van der Waals surface area contributed by atoms with E-state index in [0.717, 1.165) is 15.2 Å². The first-order chi connectivity index (χ1) is 3.43. The Morgan fingerprint density at radius 3 is 2.29 bits per heavy atom. The third kappa shape index (κ3) is 1.48. The van der Waals surface area contributed by atoms with Gasteiger partial charge in [0, 0.05) is 0 Å². The van der Waals surface area contributed by atoms with Gasteiger partial charge in [0.05, 0.1) is 0 Å². The van der Waals surface area contributed by atoms with Crippen LogP contribution in [0.1, 0.15) is 27.1 Å². The summed E-state index contributed by atoms with van der Waals surface area (Å²) in [5, 5.41) is 0. The van der Waals surface area contributed by atoms with Gasteiger partial charge in [-0.15, -0.1) is 0 Å². The van der Waals surface area contributed by atoms with Gasteiger partial charge >= 0.3 is 51.5 Å². The first-order valence-electron chi connectivity index (χ1n) is 3.23. The van der Waals surface area contributed by atoms with Crippen molar-refractivity contribution in [3.8, 4) is 0 Å². The van der Waals surface area contributed by atoms with Crippen LogP contribution in [0, 0.1) is 0 Å². The summed E-state index contributed by atoms with van der Waals surface area (Å²) in [7, 11) is 0. The van der Waals surface area contributed by atoms with Crippen LogP contribution in [-0.2, 0) is 0 Å². The van der Waals surface area contributed by atoms with Gasteiger partial charge < -0.3 is 1.43 Å². The second-order valence-electron chi connectivity index (χ2n) is 2.38. The van der Waals surface area contributed by atoms with Gasteiger partial charge in [-0.25, -0.2) is 0 Å². The van der Waals surface area contributed by atoms with Crippen LogP contribution in [0.15, 0.2) is 0 Å². The normalized spacial score (nSPS) is 22.4. The Hall–Kier alpha value is 0.532. The Balaban J connectivity index is 0.000000490. The summed E-state index contributed by atoms with van der Waals surface area (Å²) in [5.74, 6) is 2.38. The molecule has 1 rings (SSSR count). The second-order valence-corrected chi connectivity index (χ2v) is 3.99. The van der Waals surface area contributed by atoms with Gasteiger partial charge in [0.2, 0.25) is 0 Å². The molecule has 0 aromatic rings. The molecule has 0 heterocycles. The fraction of sp³-hybridized carbons (Fsp3) is 1.00. The first-order valence-corrected chi connectivity index (χ1v) is 5.05. The summed E-state index contributed by atoms with van der Waals surface area (Å²) < 4.78 is 1.18. The molecule has 0 spiro atoms. The van der Waals surface area contributed by atoms with E-state index in [1.807, 2.05) is 0 Å². The van der Waals surface area contributed by atoms with Crippen LogP contribution in [0.2, 0.25) is 10.6 Å². The van der Waals surface area contributed by atoms with E-state index in [2.05, 4.69) is 5.79 Å². The Morgan fingerprint density at radius 2 is 2.00 bits per heavy atom. The standard InChI is InChI=1S/C5H9.CH3.Al.H/c1-2-4-5-3-1;;;/h1H,2-5H2;1H3;;/q;;+1;-1. The molecule has 0 amide bonds. The summed E-state index contributed by atoms with van der Waals surface area (Å²) in [6.45, 7) is 0. The number of rotatable bonds is 1. The van der Waals surface area contributed by atoms with Crippen molar-refractivity contribution in [2.24, 2.45) is 0 Å². The number of hydrogen-bond donors (Lipinski definition) is 0. The zero-order chi connectivity index (χ0) is 5.11. The maximum Gasteiger partial charge on any atom is -1.00 e. The van der Waals surface area contributed by atoms with Crippen LogP contribution in [0.5, 0.6) is 0 Å². The predicted octanol–water partition coefficient (Wildman–Crippen LogP) is 2.21. The molecule has 0 radical (unpaired) electrons. The van der Waals surface area contributed by atoms with Gasteiger partial charge in [-0.2, -0.15) is 0 Å². The number of hydrogen-bond acceptors (Lipinski definition) is 0. The Morgan fingerprint density at radius 1 is 1.43 bits per heavy atom. The second kappa shape index (κ2) is 2.75. The molecule has 40 valence electrons. The summed E-state index contributed by atoms with van der Waals surface area (Å²) in [6, 6.07) is 0. The zero-order valence-electron chi connectivity index (χ0n) is 5.98. The summed E-state index contributed by atoms with van der Waals surface area (Å²) in [6.07, 6.45) is 6.13. The van der Waals surface area contributed by atoms with Crippen LogP contribution in [-0.4, -0.2) is 15.2 Å². The van der Waals surface area contributed by atoms with Crippen LogP contribution in [0.25, 0.3) is 0 Å². The Bertz CT molecular complexity index is 50.5. The van der Waals surface area contributed by atoms with Crippen LogP contribution >= 0.6 is 0 Å². The van der Waals surface area contributed by atoms with E-state index >= 15 is 0 Å². The van der Waals surface area contributed by atoms with Crippen molar-refractivity contribution < 1.29 is 1.43 Å². The molecular formula is C6H13Al. The molecule has 1 aliphatic rings. The van der Waals surface area contributed by atoms with Crippen molar-refractivity contribution in [1.29, 1.82) is 0 Å². The van der Waals surface area contributed by atoms with Gasteiger partial charge in [-0.1, -0.05) is 0 Å². The Kier molecular flexibility index (Phi) is 2.22. The molecule has 0 aromatic heterocycles. The van der Waals surface area contributed by atoms with Gasteiger partial charge in [-0.05, 0) is 0 Å². The minimum atomic E-state index is 0. The average Bonchev–Trinajstić information content (AvgIpc) is 2.14. The molecule has 0 nitrogen and oxygen atoms in total. The fourth-order valence-corrected chi connectivity index (χ4v) is 2.43. The van der Waals surface area contributed by atoms with Crippen molar-refractivity contribution >= 4 is 15.2 Å².